The van der Waals surface area contributed by atoms with Crippen molar-refractivity contribution in [1.29, 1.82) is 0 Å². The lowest BCUT2D eigenvalue weighted by Crippen LogP contribution is -2.01. The molecule has 0 saturated carbocycles. The van der Waals surface area contributed by atoms with Crippen molar-refractivity contribution >= 4 is 22.4 Å². The minimum atomic E-state index is 0.306. The van der Waals surface area contributed by atoms with Gasteiger partial charge in [-0.1, -0.05) is 91.1 Å². The van der Waals surface area contributed by atoms with Crippen molar-refractivity contribution in [3.8, 4) is 0 Å². The maximum absolute atomic E-state index is 2.39. The van der Waals surface area contributed by atoms with Gasteiger partial charge in [-0.3, -0.25) is 0 Å². The van der Waals surface area contributed by atoms with Gasteiger partial charge in [0.05, 0.1) is 0 Å². The first-order valence-electron chi connectivity index (χ1n) is 9.50. The van der Waals surface area contributed by atoms with Crippen LogP contribution >= 0.6 is 0 Å². The van der Waals surface area contributed by atoms with Gasteiger partial charge in [-0.2, -0.15) is 0 Å². The second-order valence-electron chi connectivity index (χ2n) is 7.39. The molecule has 1 atom stereocenters. The third-order valence-electron chi connectivity index (χ3n) is 5.91. The highest BCUT2D eigenvalue weighted by Gasteiger charge is 2.25. The minimum absolute atomic E-state index is 0.306. The summed E-state index contributed by atoms with van der Waals surface area (Å²) in [6, 6.07) is 22.2. The lowest BCUT2D eigenvalue weighted by Gasteiger charge is -2.19. The van der Waals surface area contributed by atoms with E-state index >= 15 is 0 Å². The van der Waals surface area contributed by atoms with E-state index in [4.69, 9.17) is 0 Å². The zero-order valence-electron chi connectivity index (χ0n) is 14.9. The third-order valence-corrected chi connectivity index (χ3v) is 5.91. The van der Waals surface area contributed by atoms with E-state index in [2.05, 4.69) is 103 Å². The van der Waals surface area contributed by atoms with Crippen molar-refractivity contribution in [1.82, 2.24) is 0 Å². The fourth-order valence-electron chi connectivity index (χ4n) is 4.59. The van der Waals surface area contributed by atoms with Gasteiger partial charge in [0.2, 0.25) is 0 Å². The molecule has 0 saturated heterocycles. The van der Waals surface area contributed by atoms with Gasteiger partial charge in [0.1, 0.15) is 0 Å². The Morgan fingerprint density at radius 1 is 0.630 bits per heavy atom. The molecule has 6 rings (SSSR count). The van der Waals surface area contributed by atoms with Crippen molar-refractivity contribution in [2.45, 2.75) is 5.92 Å². The predicted octanol–water partition coefficient (Wildman–Crippen LogP) is 6.82. The maximum Gasteiger partial charge on any atom is 0.0285 e. The van der Waals surface area contributed by atoms with E-state index in [9.17, 15) is 0 Å². The topological polar surface area (TPSA) is 0 Å². The van der Waals surface area contributed by atoms with Crippen LogP contribution in [0.2, 0.25) is 0 Å². The van der Waals surface area contributed by atoms with Crippen LogP contribution in [0.1, 0.15) is 28.2 Å². The van der Waals surface area contributed by atoms with Crippen molar-refractivity contribution in [3.63, 3.8) is 0 Å². The molecule has 0 aromatic heterocycles. The van der Waals surface area contributed by atoms with Gasteiger partial charge in [0, 0.05) is 5.92 Å². The number of benzene rings is 3. The molecule has 3 aliphatic carbocycles. The van der Waals surface area contributed by atoms with Crippen molar-refractivity contribution < 1.29 is 0 Å². The number of fused-ring (bicyclic) bond motifs is 3. The van der Waals surface area contributed by atoms with Gasteiger partial charge in [0.25, 0.3) is 0 Å². The minimum Gasteiger partial charge on any atom is -0.0720 e. The Balaban J connectivity index is 1.64. The molecule has 3 aliphatic rings. The van der Waals surface area contributed by atoms with Crippen LogP contribution in [0.5, 0.6) is 0 Å². The molecule has 0 fully saturated rings. The number of hydrogen-bond acceptors (Lipinski definition) is 0. The zero-order chi connectivity index (χ0) is 17.8. The van der Waals surface area contributed by atoms with Crippen LogP contribution in [-0.4, -0.2) is 0 Å². The molecule has 0 heterocycles. The van der Waals surface area contributed by atoms with E-state index in [-0.39, 0.29) is 0 Å². The average molecular weight is 342 g/mol. The Morgan fingerprint density at radius 2 is 1.44 bits per heavy atom. The Bertz CT molecular complexity index is 1260. The summed E-state index contributed by atoms with van der Waals surface area (Å²) < 4.78 is 0. The summed E-state index contributed by atoms with van der Waals surface area (Å²) in [5, 5.41) is 2.60. The van der Waals surface area contributed by atoms with Crippen LogP contribution in [-0.2, 0) is 0 Å². The summed E-state index contributed by atoms with van der Waals surface area (Å²) in [7, 11) is 0. The average Bonchev–Trinajstić information content (AvgIpc) is 3.42. The first-order valence-corrected chi connectivity index (χ1v) is 9.50. The van der Waals surface area contributed by atoms with E-state index in [1.54, 1.807) is 0 Å². The van der Waals surface area contributed by atoms with Gasteiger partial charge >= 0.3 is 0 Å². The van der Waals surface area contributed by atoms with E-state index in [0.717, 1.165) is 0 Å². The molecule has 126 valence electrons. The van der Waals surface area contributed by atoms with Crippen molar-refractivity contribution in [3.05, 3.63) is 131 Å². The van der Waals surface area contributed by atoms with Gasteiger partial charge in [-0.25, -0.2) is 0 Å². The molecule has 0 bridgehead atoms. The summed E-state index contributed by atoms with van der Waals surface area (Å²) in [5.41, 5.74) is 9.49. The number of allylic oxidation sites excluding steroid dienone is 9. The van der Waals surface area contributed by atoms with Crippen LogP contribution in [0.25, 0.3) is 22.4 Å². The molecule has 0 radical (unpaired) electrons. The first kappa shape index (κ1) is 14.8. The molecule has 0 heteroatoms. The first-order chi connectivity index (χ1) is 13.4. The molecule has 0 aliphatic heterocycles. The fourth-order valence-corrected chi connectivity index (χ4v) is 4.59. The highest BCUT2D eigenvalue weighted by molar-refractivity contribution is 5.95. The largest absolute Gasteiger partial charge is 0.0720 e. The molecule has 0 amide bonds. The Hall–Kier alpha value is -3.38. The standard InChI is InChI=1S/C27H18/c1-2-8-21-17-27(25-15-13-19-9-5-11-23(19)25)26(16-20(21)7-1)24-14-12-18-6-3-4-10-22(18)24/h1-17,24H. The quantitative estimate of drug-likeness (QED) is 0.479. The summed E-state index contributed by atoms with van der Waals surface area (Å²) in [6.07, 6.45) is 15.7. The van der Waals surface area contributed by atoms with Crippen LogP contribution in [0.4, 0.5) is 0 Å². The highest BCUT2D eigenvalue weighted by atomic mass is 14.3. The molecular formula is C27H18. The Kier molecular flexibility index (Phi) is 3.04. The smallest absolute Gasteiger partial charge is 0.0285 e. The molecule has 0 nitrogen and oxygen atoms in total. The molecule has 1 unspecified atom stereocenters. The third kappa shape index (κ3) is 2.17. The van der Waals surface area contributed by atoms with Crippen molar-refractivity contribution in [2.24, 2.45) is 0 Å². The predicted molar refractivity (Wildman–Crippen MR) is 115 cm³/mol. The molecular weight excluding hydrogens is 324 g/mol. The lowest BCUT2D eigenvalue weighted by molar-refractivity contribution is 1.05. The summed E-state index contributed by atoms with van der Waals surface area (Å²) in [6.45, 7) is 0. The van der Waals surface area contributed by atoms with E-state index in [0.29, 0.717) is 5.92 Å². The SMILES string of the molecule is C1=CC2=C(c3cc4ccccc4cc3C3C=Cc4ccccc43)C=CC2=C1. The lowest BCUT2D eigenvalue weighted by atomic mass is 9.84. The van der Waals surface area contributed by atoms with Crippen LogP contribution < -0.4 is 0 Å². The summed E-state index contributed by atoms with van der Waals surface area (Å²) in [4.78, 5) is 0. The molecule has 3 aromatic rings. The second kappa shape index (κ2) is 5.56. The Morgan fingerprint density at radius 3 is 2.37 bits per heavy atom. The molecule has 0 spiro atoms. The zero-order valence-corrected chi connectivity index (χ0v) is 14.9. The summed E-state index contributed by atoms with van der Waals surface area (Å²) >= 11 is 0. The second-order valence-corrected chi connectivity index (χ2v) is 7.39. The number of rotatable bonds is 2. The van der Waals surface area contributed by atoms with E-state index < -0.39 is 0 Å². The van der Waals surface area contributed by atoms with E-state index in [1.807, 2.05) is 0 Å². The fraction of sp³-hybridized carbons (Fsp3) is 0.0370. The van der Waals surface area contributed by atoms with Crippen LogP contribution in [0.15, 0.2) is 108 Å². The molecule has 3 aromatic carbocycles. The highest BCUT2D eigenvalue weighted by Crippen LogP contribution is 2.43. The Labute approximate surface area is 159 Å². The van der Waals surface area contributed by atoms with Gasteiger partial charge in [-0.15, -0.1) is 0 Å². The molecule has 27 heavy (non-hydrogen) atoms. The van der Waals surface area contributed by atoms with Gasteiger partial charge in [-0.05, 0) is 61.9 Å². The van der Waals surface area contributed by atoms with Crippen LogP contribution in [0, 0.1) is 0 Å². The maximum atomic E-state index is 2.39. The van der Waals surface area contributed by atoms with Crippen LogP contribution in [0.3, 0.4) is 0 Å². The molecule has 0 N–H and O–H groups in total. The summed E-state index contributed by atoms with van der Waals surface area (Å²) in [5.74, 6) is 0.306. The number of hydrogen-bond donors (Lipinski definition) is 0. The van der Waals surface area contributed by atoms with Gasteiger partial charge < -0.3 is 0 Å². The van der Waals surface area contributed by atoms with E-state index in [1.165, 1.54) is 49.7 Å². The normalized spacial score (nSPS) is 19.1. The van der Waals surface area contributed by atoms with Gasteiger partial charge in [0.15, 0.2) is 0 Å². The van der Waals surface area contributed by atoms with Crippen molar-refractivity contribution in [2.75, 3.05) is 0 Å². The monoisotopic (exact) mass is 342 g/mol.